The highest BCUT2D eigenvalue weighted by molar-refractivity contribution is 6.39. The van der Waals surface area contributed by atoms with E-state index < -0.39 is 0 Å². The average molecular weight is 543 g/mol. The van der Waals surface area contributed by atoms with Gasteiger partial charge < -0.3 is 10.2 Å². The number of piperidine rings is 1. The maximum absolute atomic E-state index is 12.8. The third-order valence-corrected chi connectivity index (χ3v) is 9.56. The second-order valence-corrected chi connectivity index (χ2v) is 12.4. The van der Waals surface area contributed by atoms with Gasteiger partial charge in [-0.3, -0.25) is 9.69 Å². The number of amides is 1. The van der Waals surface area contributed by atoms with Crippen molar-refractivity contribution in [3.05, 3.63) is 62.6 Å². The molecule has 1 N–H and O–H groups in total. The minimum Gasteiger partial charge on any atom is -0.368 e. The number of carbonyl (C=O) groups excluding carboxylic acids is 1. The van der Waals surface area contributed by atoms with E-state index in [1.807, 2.05) is 18.2 Å². The van der Waals surface area contributed by atoms with Crippen LogP contribution in [-0.2, 0) is 11.3 Å². The summed E-state index contributed by atoms with van der Waals surface area (Å²) in [6, 6.07) is 10.5. The lowest BCUT2D eigenvalue weighted by Gasteiger charge is -2.42. The molecule has 0 unspecified atom stereocenters. The van der Waals surface area contributed by atoms with E-state index in [4.69, 9.17) is 23.2 Å². The molecule has 0 aromatic heterocycles. The number of likely N-dealkylation sites (tertiary alicyclic amines) is 1. The van der Waals surface area contributed by atoms with Crippen LogP contribution in [0.3, 0.4) is 0 Å². The fourth-order valence-corrected chi connectivity index (χ4v) is 7.17. The molecule has 0 atom stereocenters. The van der Waals surface area contributed by atoms with Crippen molar-refractivity contribution < 1.29 is 4.79 Å². The number of hydrogen-bond acceptors (Lipinski definition) is 3. The highest BCUT2D eigenvalue weighted by Crippen LogP contribution is 2.40. The number of benzene rings is 2. The molecule has 2 aliphatic heterocycles. The zero-order valence-electron chi connectivity index (χ0n) is 22.4. The van der Waals surface area contributed by atoms with Gasteiger partial charge in [-0.1, -0.05) is 60.7 Å². The Morgan fingerprint density at radius 1 is 0.946 bits per heavy atom. The first-order valence-electron chi connectivity index (χ1n) is 14.2. The molecular formula is C31H41Cl2N3O. The third-order valence-electron chi connectivity index (χ3n) is 8.95. The lowest BCUT2D eigenvalue weighted by atomic mass is 9.86. The van der Waals surface area contributed by atoms with E-state index in [1.54, 1.807) is 0 Å². The van der Waals surface area contributed by atoms with Gasteiger partial charge in [0.05, 0.1) is 15.7 Å². The lowest BCUT2D eigenvalue weighted by molar-refractivity contribution is -0.126. The molecule has 2 aromatic rings. The number of halogens is 2. The summed E-state index contributed by atoms with van der Waals surface area (Å²) in [5, 5.41) is 4.72. The van der Waals surface area contributed by atoms with Crippen LogP contribution in [0.4, 0.5) is 5.69 Å². The summed E-state index contributed by atoms with van der Waals surface area (Å²) in [5.74, 6) is 1.66. The van der Waals surface area contributed by atoms with Crippen LogP contribution in [0, 0.1) is 25.7 Å². The summed E-state index contributed by atoms with van der Waals surface area (Å²) in [7, 11) is 0. The van der Waals surface area contributed by atoms with E-state index in [0.29, 0.717) is 11.8 Å². The highest BCUT2D eigenvalue weighted by Gasteiger charge is 2.32. The highest BCUT2D eigenvalue weighted by atomic mass is 35.5. The number of carbonyl (C=O) groups is 1. The predicted octanol–water partition coefficient (Wildman–Crippen LogP) is 7.12. The van der Waals surface area contributed by atoms with Crippen LogP contribution >= 0.6 is 23.2 Å². The minimum absolute atomic E-state index is 0.178. The van der Waals surface area contributed by atoms with E-state index in [-0.39, 0.29) is 11.8 Å². The van der Waals surface area contributed by atoms with Crippen molar-refractivity contribution in [3.8, 4) is 0 Å². The molecule has 37 heavy (non-hydrogen) atoms. The molecule has 2 heterocycles. The number of para-hydroxylation sites is 1. The molecule has 0 radical (unpaired) electrons. The number of nitrogens with one attached hydrogen (secondary N) is 1. The standard InChI is InChI=1S/C31H41Cl2N3O/c1-21-15-25(26-18-36(19-26)30-28(32)9-6-10-29(30)33)16-22(2)27(21)20-35-13-11-24(12-14-35)31(37)34-17-23-7-4-3-5-8-23/h6,9-10,15-16,23-24,26H,3-5,7-8,11-14,17-20H2,1-2H3,(H,34,37). The number of hydrogen-bond donors (Lipinski definition) is 1. The maximum Gasteiger partial charge on any atom is 0.223 e. The van der Waals surface area contributed by atoms with Gasteiger partial charge in [-0.15, -0.1) is 0 Å². The van der Waals surface area contributed by atoms with Crippen LogP contribution in [0.2, 0.25) is 10.0 Å². The molecule has 4 nitrogen and oxygen atoms in total. The van der Waals surface area contributed by atoms with Crippen LogP contribution in [0.5, 0.6) is 0 Å². The SMILES string of the molecule is Cc1cc(C2CN(c3c(Cl)cccc3Cl)C2)cc(C)c1CN1CCC(C(=O)NCC2CCCCC2)CC1. The van der Waals surface area contributed by atoms with Crippen LogP contribution in [0.25, 0.3) is 0 Å². The van der Waals surface area contributed by atoms with Crippen molar-refractivity contribution >= 4 is 34.8 Å². The molecule has 1 amide bonds. The van der Waals surface area contributed by atoms with E-state index in [9.17, 15) is 4.79 Å². The Kier molecular flexibility index (Phi) is 8.68. The van der Waals surface area contributed by atoms with Gasteiger partial charge in [-0.05, 0) is 92.9 Å². The first kappa shape index (κ1) is 26.8. The monoisotopic (exact) mass is 541 g/mol. The molecular weight excluding hydrogens is 501 g/mol. The zero-order chi connectivity index (χ0) is 25.9. The molecule has 6 heteroatoms. The van der Waals surface area contributed by atoms with E-state index in [2.05, 4.69) is 41.1 Å². The Balaban J connectivity index is 1.11. The van der Waals surface area contributed by atoms with E-state index in [0.717, 1.165) is 67.8 Å². The van der Waals surface area contributed by atoms with Crippen molar-refractivity contribution in [1.82, 2.24) is 10.2 Å². The second kappa shape index (κ2) is 12.0. The maximum atomic E-state index is 12.8. The first-order chi connectivity index (χ1) is 17.9. The topological polar surface area (TPSA) is 35.6 Å². The average Bonchev–Trinajstić information content (AvgIpc) is 2.86. The summed E-state index contributed by atoms with van der Waals surface area (Å²) in [5.41, 5.74) is 6.55. The summed E-state index contributed by atoms with van der Waals surface area (Å²) >= 11 is 12.8. The zero-order valence-corrected chi connectivity index (χ0v) is 23.9. The number of nitrogens with zero attached hydrogens (tertiary/aromatic N) is 2. The van der Waals surface area contributed by atoms with Crippen LogP contribution in [-0.4, -0.2) is 43.5 Å². The molecule has 0 bridgehead atoms. The minimum atomic E-state index is 0.178. The Labute approximate surface area is 232 Å². The normalized spacial score (nSPS) is 20.2. The van der Waals surface area contributed by atoms with Crippen molar-refractivity contribution in [3.63, 3.8) is 0 Å². The fourth-order valence-electron chi connectivity index (χ4n) is 6.53. The van der Waals surface area contributed by atoms with Crippen LogP contribution in [0.15, 0.2) is 30.3 Å². The Morgan fingerprint density at radius 3 is 2.19 bits per heavy atom. The molecule has 2 aromatic carbocycles. The summed E-state index contributed by atoms with van der Waals surface area (Å²) in [6.07, 6.45) is 8.52. The van der Waals surface area contributed by atoms with E-state index >= 15 is 0 Å². The Morgan fingerprint density at radius 2 is 1.57 bits per heavy atom. The Bertz CT molecular complexity index is 1060. The predicted molar refractivity (Wildman–Crippen MR) is 155 cm³/mol. The molecule has 200 valence electrons. The van der Waals surface area contributed by atoms with Gasteiger partial charge >= 0.3 is 0 Å². The molecule has 3 aliphatic rings. The van der Waals surface area contributed by atoms with E-state index in [1.165, 1.54) is 54.4 Å². The quantitative estimate of drug-likeness (QED) is 0.405. The van der Waals surface area contributed by atoms with Crippen molar-refractivity contribution in [1.29, 1.82) is 0 Å². The van der Waals surface area contributed by atoms with Gasteiger partial charge in [0, 0.05) is 38.0 Å². The van der Waals surface area contributed by atoms with Gasteiger partial charge in [0.2, 0.25) is 5.91 Å². The van der Waals surface area contributed by atoms with Crippen LogP contribution < -0.4 is 10.2 Å². The third kappa shape index (κ3) is 6.29. The first-order valence-corrected chi connectivity index (χ1v) is 14.9. The van der Waals surface area contributed by atoms with Gasteiger partial charge in [-0.2, -0.15) is 0 Å². The van der Waals surface area contributed by atoms with Gasteiger partial charge in [0.1, 0.15) is 0 Å². The van der Waals surface area contributed by atoms with Crippen molar-refractivity contribution in [2.24, 2.45) is 11.8 Å². The molecule has 1 aliphatic carbocycles. The van der Waals surface area contributed by atoms with Gasteiger partial charge in [-0.25, -0.2) is 0 Å². The molecule has 1 saturated carbocycles. The largest absolute Gasteiger partial charge is 0.368 e. The lowest BCUT2D eigenvalue weighted by Crippen LogP contribution is -2.45. The molecule has 3 fully saturated rings. The summed E-state index contributed by atoms with van der Waals surface area (Å²) < 4.78 is 0. The van der Waals surface area contributed by atoms with Gasteiger partial charge in [0.25, 0.3) is 0 Å². The molecule has 0 spiro atoms. The van der Waals surface area contributed by atoms with Crippen molar-refractivity contribution in [2.45, 2.75) is 71.3 Å². The Hall–Kier alpha value is -1.75. The number of anilines is 1. The molecule has 2 saturated heterocycles. The number of aryl methyl sites for hydroxylation is 2. The van der Waals surface area contributed by atoms with Gasteiger partial charge in [0.15, 0.2) is 0 Å². The molecule has 5 rings (SSSR count). The van der Waals surface area contributed by atoms with Crippen molar-refractivity contribution in [2.75, 3.05) is 37.6 Å². The van der Waals surface area contributed by atoms with Crippen LogP contribution in [0.1, 0.15) is 73.1 Å². The second-order valence-electron chi connectivity index (χ2n) is 11.6. The number of rotatable bonds is 7. The fraction of sp³-hybridized carbons (Fsp3) is 0.581. The summed E-state index contributed by atoms with van der Waals surface area (Å²) in [4.78, 5) is 17.6. The summed E-state index contributed by atoms with van der Waals surface area (Å²) in [6.45, 7) is 10.2. The smallest absolute Gasteiger partial charge is 0.223 e.